The summed E-state index contributed by atoms with van der Waals surface area (Å²) in [4.78, 5) is 41.0. The van der Waals surface area contributed by atoms with Gasteiger partial charge in [-0.3, -0.25) is 14.4 Å². The number of aliphatic hydroxyl groups is 1. The van der Waals surface area contributed by atoms with Crippen LogP contribution >= 0.6 is 27.3 Å². The maximum atomic E-state index is 13.1. The first-order valence-electron chi connectivity index (χ1n) is 9.58. The maximum Gasteiger partial charge on any atom is 0.163 e. The van der Waals surface area contributed by atoms with Crippen molar-refractivity contribution in [1.29, 1.82) is 0 Å². The summed E-state index contributed by atoms with van der Waals surface area (Å²) in [6.07, 6.45) is 1.28. The first kappa shape index (κ1) is 21.4. The number of Topliss-reactive ketones (excluding diaryl/α,β-unsaturated/α-hetero) is 3. The third kappa shape index (κ3) is 4.04. The average molecular weight is 467 g/mol. The third-order valence-corrected chi connectivity index (χ3v) is 7.94. The average Bonchev–Trinajstić information content (AvgIpc) is 2.81. The summed E-state index contributed by atoms with van der Waals surface area (Å²) in [7, 11) is 0. The van der Waals surface area contributed by atoms with Crippen LogP contribution in [0.3, 0.4) is 0 Å². The van der Waals surface area contributed by atoms with Crippen molar-refractivity contribution in [2.45, 2.75) is 66.2 Å². The van der Waals surface area contributed by atoms with Crippen molar-refractivity contribution in [3.05, 3.63) is 31.6 Å². The van der Waals surface area contributed by atoms with Crippen LogP contribution < -0.4 is 0 Å². The fourth-order valence-corrected chi connectivity index (χ4v) is 6.25. The van der Waals surface area contributed by atoms with Crippen LogP contribution in [-0.4, -0.2) is 22.5 Å². The highest BCUT2D eigenvalue weighted by Gasteiger charge is 2.49. The van der Waals surface area contributed by atoms with Crippen molar-refractivity contribution >= 4 is 44.6 Å². The van der Waals surface area contributed by atoms with Gasteiger partial charge in [0.2, 0.25) is 0 Å². The zero-order valence-corrected chi connectivity index (χ0v) is 19.4. The predicted molar refractivity (Wildman–Crippen MR) is 114 cm³/mol. The SMILES string of the molecule is Cc1sc(C(C2=C(O)CC(C)(C)CC2=O)C2C(=O)CC(C)(C)CC2=O)cc1Br. The molecule has 0 spiro atoms. The highest BCUT2D eigenvalue weighted by molar-refractivity contribution is 9.10. The zero-order valence-electron chi connectivity index (χ0n) is 17.0. The summed E-state index contributed by atoms with van der Waals surface area (Å²) < 4.78 is 0.886. The van der Waals surface area contributed by atoms with E-state index in [1.165, 1.54) is 11.3 Å². The van der Waals surface area contributed by atoms with E-state index in [1.807, 2.05) is 40.7 Å². The number of ketones is 3. The molecule has 2 aliphatic rings. The quantitative estimate of drug-likeness (QED) is 0.581. The first-order chi connectivity index (χ1) is 12.8. The number of allylic oxidation sites excluding steroid dienone is 2. The van der Waals surface area contributed by atoms with E-state index in [0.29, 0.717) is 25.7 Å². The number of aryl methyl sites for hydroxylation is 1. The molecular weight excluding hydrogens is 440 g/mol. The molecule has 1 N–H and O–H groups in total. The largest absolute Gasteiger partial charge is 0.512 e. The lowest BCUT2D eigenvalue weighted by atomic mass is 9.64. The monoisotopic (exact) mass is 466 g/mol. The number of thiophene rings is 1. The second-order valence-corrected chi connectivity index (χ2v) is 11.9. The van der Waals surface area contributed by atoms with Crippen LogP contribution in [0.1, 0.15) is 69.1 Å². The van der Waals surface area contributed by atoms with Gasteiger partial charge in [-0.1, -0.05) is 27.7 Å². The van der Waals surface area contributed by atoms with Gasteiger partial charge in [-0.25, -0.2) is 0 Å². The molecule has 0 amide bonds. The lowest BCUT2D eigenvalue weighted by Crippen LogP contribution is -2.42. The van der Waals surface area contributed by atoms with E-state index >= 15 is 0 Å². The molecule has 1 aromatic heterocycles. The molecule has 1 saturated carbocycles. The second-order valence-electron chi connectivity index (χ2n) is 9.76. The van der Waals surface area contributed by atoms with Crippen molar-refractivity contribution in [2.75, 3.05) is 0 Å². The molecule has 152 valence electrons. The molecule has 1 heterocycles. The lowest BCUT2D eigenvalue weighted by molar-refractivity contribution is -0.140. The highest BCUT2D eigenvalue weighted by Crippen LogP contribution is 2.49. The number of aliphatic hydroxyl groups excluding tert-OH is 1. The van der Waals surface area contributed by atoms with Gasteiger partial charge in [-0.05, 0) is 39.8 Å². The molecule has 0 saturated heterocycles. The van der Waals surface area contributed by atoms with Crippen LogP contribution in [0.2, 0.25) is 0 Å². The third-order valence-electron chi connectivity index (χ3n) is 5.72. The number of carbonyl (C=O) groups excluding carboxylic acids is 3. The number of rotatable bonds is 3. The van der Waals surface area contributed by atoms with Crippen LogP contribution in [-0.2, 0) is 14.4 Å². The van der Waals surface area contributed by atoms with Gasteiger partial charge < -0.3 is 5.11 Å². The molecule has 1 unspecified atom stereocenters. The van der Waals surface area contributed by atoms with Crippen LogP contribution in [0.25, 0.3) is 0 Å². The van der Waals surface area contributed by atoms with E-state index in [1.54, 1.807) is 0 Å². The number of carbonyl (C=O) groups is 3. The molecule has 6 heteroatoms. The lowest BCUT2D eigenvalue weighted by Gasteiger charge is -2.38. The molecule has 0 aromatic carbocycles. The molecule has 0 aliphatic heterocycles. The van der Waals surface area contributed by atoms with Crippen LogP contribution in [0.5, 0.6) is 0 Å². The van der Waals surface area contributed by atoms with Gasteiger partial charge in [0.15, 0.2) is 5.78 Å². The van der Waals surface area contributed by atoms with Gasteiger partial charge >= 0.3 is 0 Å². The molecule has 1 aromatic rings. The molecule has 3 rings (SSSR count). The smallest absolute Gasteiger partial charge is 0.163 e. The molecular formula is C22H27BrO4S. The minimum Gasteiger partial charge on any atom is -0.512 e. The number of hydrogen-bond donors (Lipinski definition) is 1. The Morgan fingerprint density at radius 3 is 2.04 bits per heavy atom. The first-order valence-corrected chi connectivity index (χ1v) is 11.2. The van der Waals surface area contributed by atoms with Crippen LogP contribution in [0.4, 0.5) is 0 Å². The van der Waals surface area contributed by atoms with Crippen LogP contribution in [0, 0.1) is 23.7 Å². The Morgan fingerprint density at radius 1 is 1.04 bits per heavy atom. The van der Waals surface area contributed by atoms with Crippen molar-refractivity contribution in [2.24, 2.45) is 16.7 Å². The summed E-state index contributed by atoms with van der Waals surface area (Å²) in [6.45, 7) is 9.68. The molecule has 4 nitrogen and oxygen atoms in total. The molecule has 1 atom stereocenters. The topological polar surface area (TPSA) is 71.4 Å². The van der Waals surface area contributed by atoms with Crippen LogP contribution in [0.15, 0.2) is 21.9 Å². The minimum absolute atomic E-state index is 0.0267. The molecule has 1 fully saturated rings. The van der Waals surface area contributed by atoms with E-state index in [2.05, 4.69) is 15.9 Å². The van der Waals surface area contributed by atoms with E-state index in [4.69, 9.17) is 0 Å². The Hall–Kier alpha value is -1.27. The predicted octanol–water partition coefficient (Wildman–Crippen LogP) is 5.68. The van der Waals surface area contributed by atoms with Crippen molar-refractivity contribution in [3.8, 4) is 0 Å². The van der Waals surface area contributed by atoms with E-state index in [-0.39, 0.29) is 39.5 Å². The highest BCUT2D eigenvalue weighted by atomic mass is 79.9. The normalized spacial score (nSPS) is 24.0. The minimum atomic E-state index is -0.903. The van der Waals surface area contributed by atoms with E-state index < -0.39 is 11.8 Å². The fraction of sp³-hybridized carbons (Fsp3) is 0.591. The summed E-state index contributed by atoms with van der Waals surface area (Å²) in [5.74, 6) is -2.00. The van der Waals surface area contributed by atoms with Gasteiger partial charge in [-0.15, -0.1) is 11.3 Å². The molecule has 28 heavy (non-hydrogen) atoms. The number of hydrogen-bond acceptors (Lipinski definition) is 5. The van der Waals surface area contributed by atoms with Gasteiger partial charge in [0.05, 0.1) is 5.92 Å². The molecule has 2 aliphatic carbocycles. The van der Waals surface area contributed by atoms with Gasteiger partial charge in [0, 0.05) is 51.4 Å². The van der Waals surface area contributed by atoms with Gasteiger partial charge in [-0.2, -0.15) is 0 Å². The number of halogens is 1. The Kier molecular flexibility index (Phi) is 5.52. The van der Waals surface area contributed by atoms with Crippen molar-refractivity contribution in [1.82, 2.24) is 0 Å². The summed E-state index contributed by atoms with van der Waals surface area (Å²) in [6, 6.07) is 1.89. The Balaban J connectivity index is 2.16. The summed E-state index contributed by atoms with van der Waals surface area (Å²) >= 11 is 4.97. The van der Waals surface area contributed by atoms with E-state index in [9.17, 15) is 19.5 Å². The Morgan fingerprint density at radius 2 is 1.57 bits per heavy atom. The summed E-state index contributed by atoms with van der Waals surface area (Å²) in [5, 5.41) is 10.8. The van der Waals surface area contributed by atoms with Crippen molar-refractivity contribution in [3.63, 3.8) is 0 Å². The van der Waals surface area contributed by atoms with Gasteiger partial charge in [0.1, 0.15) is 17.3 Å². The Labute approximate surface area is 178 Å². The second kappa shape index (κ2) is 7.21. The molecule has 0 radical (unpaired) electrons. The Bertz CT molecular complexity index is 851. The molecule has 0 bridgehead atoms. The van der Waals surface area contributed by atoms with Crippen molar-refractivity contribution < 1.29 is 19.5 Å². The fourth-order valence-electron chi connectivity index (χ4n) is 4.54. The summed E-state index contributed by atoms with van der Waals surface area (Å²) in [5.41, 5.74) is -0.431. The maximum absolute atomic E-state index is 13.1. The zero-order chi connectivity index (χ0) is 21.0. The van der Waals surface area contributed by atoms with Gasteiger partial charge in [0.25, 0.3) is 0 Å². The van der Waals surface area contributed by atoms with E-state index in [0.717, 1.165) is 14.2 Å². The standard InChI is InChI=1S/C22H27BrO4S/c1-11-12(23)6-17(28-11)20(18-13(24)7-21(2,3)8-14(18)25)19-15(26)9-22(4,5)10-16(19)27/h6,18,20,26H,7-10H2,1-5H3.